The first-order valence-corrected chi connectivity index (χ1v) is 8.42. The van der Waals surface area contributed by atoms with Crippen molar-refractivity contribution in [1.29, 1.82) is 0 Å². The second-order valence-electron chi connectivity index (χ2n) is 5.32. The summed E-state index contributed by atoms with van der Waals surface area (Å²) in [6.07, 6.45) is 1.84. The fourth-order valence-electron chi connectivity index (χ4n) is 2.21. The molecule has 2 nitrogen and oxygen atoms in total. The van der Waals surface area contributed by atoms with Gasteiger partial charge in [-0.15, -0.1) is 22.9 Å². The van der Waals surface area contributed by atoms with Gasteiger partial charge in [0, 0.05) is 22.5 Å². The van der Waals surface area contributed by atoms with E-state index in [0.717, 1.165) is 22.9 Å². The Morgan fingerprint density at radius 2 is 2.05 bits per heavy atom. The summed E-state index contributed by atoms with van der Waals surface area (Å²) in [7, 11) is 0. The van der Waals surface area contributed by atoms with Gasteiger partial charge in [-0.3, -0.25) is 4.79 Å². The predicted octanol–water partition coefficient (Wildman–Crippen LogP) is 4.82. The lowest BCUT2D eigenvalue weighted by Gasteiger charge is -2.29. The zero-order valence-corrected chi connectivity index (χ0v) is 13.8. The van der Waals surface area contributed by atoms with Crippen LogP contribution in [0.1, 0.15) is 36.4 Å². The van der Waals surface area contributed by atoms with Gasteiger partial charge in [-0.25, -0.2) is 4.39 Å². The van der Waals surface area contributed by atoms with Crippen LogP contribution in [-0.2, 0) is 0 Å². The molecule has 1 aromatic heterocycles. The lowest BCUT2D eigenvalue weighted by molar-refractivity contribution is 0.0936. The summed E-state index contributed by atoms with van der Waals surface area (Å²) in [4.78, 5) is 12.9. The number of halogens is 2. The Balaban J connectivity index is 2.12. The third kappa shape index (κ3) is 3.55. The third-order valence-corrected chi connectivity index (χ3v) is 5.78. The summed E-state index contributed by atoms with van der Waals surface area (Å²) in [5.74, 6) is 0.125. The predicted molar refractivity (Wildman–Crippen MR) is 87.9 cm³/mol. The van der Waals surface area contributed by atoms with Crippen molar-refractivity contribution in [3.63, 3.8) is 0 Å². The molecule has 0 atom stereocenters. The number of thiophene rings is 1. The van der Waals surface area contributed by atoms with Crippen molar-refractivity contribution in [2.24, 2.45) is 5.41 Å². The average molecular weight is 328 g/mol. The number of carbonyl (C=O) groups excluding carboxylic acids is 1. The van der Waals surface area contributed by atoms with Crippen molar-refractivity contribution in [2.75, 3.05) is 12.4 Å². The smallest absolute Gasteiger partial charge is 0.261 e. The monoisotopic (exact) mass is 327 g/mol. The molecule has 5 heteroatoms. The lowest BCUT2D eigenvalue weighted by Crippen LogP contribution is -2.38. The molecule has 0 radical (unpaired) electrons. The highest BCUT2D eigenvalue weighted by Gasteiger charge is 2.26. The molecule has 1 amide bonds. The number of hydrogen-bond acceptors (Lipinski definition) is 2. The number of carbonyl (C=O) groups is 1. The van der Waals surface area contributed by atoms with Crippen LogP contribution in [0.2, 0.25) is 0 Å². The summed E-state index contributed by atoms with van der Waals surface area (Å²) in [6.45, 7) is 4.73. The maximum absolute atomic E-state index is 13.2. The Hall–Kier alpha value is -1.13. The highest BCUT2D eigenvalue weighted by Crippen LogP contribution is 2.29. The van der Waals surface area contributed by atoms with Crippen LogP contribution in [0.5, 0.6) is 0 Å². The van der Waals surface area contributed by atoms with E-state index >= 15 is 0 Å². The van der Waals surface area contributed by atoms with Crippen molar-refractivity contribution >= 4 is 38.9 Å². The quantitative estimate of drug-likeness (QED) is 0.757. The van der Waals surface area contributed by atoms with Crippen molar-refractivity contribution in [3.8, 4) is 0 Å². The van der Waals surface area contributed by atoms with Crippen LogP contribution in [0.3, 0.4) is 0 Å². The molecule has 21 heavy (non-hydrogen) atoms. The third-order valence-electron chi connectivity index (χ3n) is 4.11. The number of fused-ring (bicyclic) bond motifs is 1. The highest BCUT2D eigenvalue weighted by molar-refractivity contribution is 7.20. The largest absolute Gasteiger partial charge is 0.351 e. The van der Waals surface area contributed by atoms with E-state index < -0.39 is 0 Å². The van der Waals surface area contributed by atoms with Crippen LogP contribution >= 0.6 is 22.9 Å². The molecule has 0 aliphatic rings. The van der Waals surface area contributed by atoms with Crippen molar-refractivity contribution in [3.05, 3.63) is 35.0 Å². The summed E-state index contributed by atoms with van der Waals surface area (Å²) < 4.78 is 14.0. The first-order chi connectivity index (χ1) is 10.0. The molecule has 2 rings (SSSR count). The van der Waals surface area contributed by atoms with Crippen molar-refractivity contribution < 1.29 is 9.18 Å². The zero-order chi connectivity index (χ0) is 15.5. The van der Waals surface area contributed by atoms with Gasteiger partial charge < -0.3 is 5.32 Å². The topological polar surface area (TPSA) is 29.1 Å². The van der Waals surface area contributed by atoms with Crippen LogP contribution in [0.4, 0.5) is 4.39 Å². The molecule has 1 aromatic carbocycles. The molecule has 0 bridgehead atoms. The van der Waals surface area contributed by atoms with E-state index in [2.05, 4.69) is 19.2 Å². The molecule has 0 saturated heterocycles. The van der Waals surface area contributed by atoms with E-state index in [1.54, 1.807) is 12.1 Å². The van der Waals surface area contributed by atoms with Gasteiger partial charge in [0.05, 0.1) is 4.88 Å². The van der Waals surface area contributed by atoms with Gasteiger partial charge in [-0.2, -0.15) is 0 Å². The molecular weight excluding hydrogens is 309 g/mol. The van der Waals surface area contributed by atoms with Crippen LogP contribution < -0.4 is 5.32 Å². The van der Waals surface area contributed by atoms with Crippen molar-refractivity contribution in [2.45, 2.75) is 26.7 Å². The van der Waals surface area contributed by atoms with E-state index in [9.17, 15) is 9.18 Å². The average Bonchev–Trinajstić information content (AvgIpc) is 2.92. The Morgan fingerprint density at radius 3 is 2.67 bits per heavy atom. The minimum Gasteiger partial charge on any atom is -0.351 e. The SMILES string of the molecule is CCC(CC)(CCl)CNC(=O)c1cc2ccc(F)cc2s1. The number of hydrogen-bond donors (Lipinski definition) is 1. The Kier molecular flexibility index (Phi) is 5.22. The molecule has 2 aromatic rings. The minimum atomic E-state index is -0.283. The second-order valence-corrected chi connectivity index (χ2v) is 6.67. The van der Waals surface area contributed by atoms with E-state index in [0.29, 0.717) is 17.3 Å². The van der Waals surface area contributed by atoms with Crippen LogP contribution in [0.25, 0.3) is 10.1 Å². The van der Waals surface area contributed by atoms with Gasteiger partial charge in [-0.1, -0.05) is 19.9 Å². The minimum absolute atomic E-state index is 0.0555. The van der Waals surface area contributed by atoms with Crippen LogP contribution in [-0.4, -0.2) is 18.3 Å². The number of benzene rings is 1. The zero-order valence-electron chi connectivity index (χ0n) is 12.2. The molecule has 1 N–H and O–H groups in total. The fourth-order valence-corrected chi connectivity index (χ4v) is 3.68. The van der Waals surface area contributed by atoms with Crippen molar-refractivity contribution in [1.82, 2.24) is 5.32 Å². The molecule has 1 heterocycles. The van der Waals surface area contributed by atoms with E-state index in [1.807, 2.05) is 0 Å². The molecule has 0 aliphatic heterocycles. The lowest BCUT2D eigenvalue weighted by atomic mass is 9.84. The van der Waals surface area contributed by atoms with Crippen LogP contribution in [0, 0.1) is 11.2 Å². The summed E-state index contributed by atoms with van der Waals surface area (Å²) in [5.41, 5.74) is -0.0555. The normalized spacial score (nSPS) is 11.8. The molecule has 0 fully saturated rings. The standard InChI is InChI=1S/C16H19ClFNOS/c1-3-16(4-2,9-17)10-19-15(20)14-7-11-5-6-12(18)8-13(11)21-14/h5-8H,3-4,9-10H2,1-2H3,(H,19,20). The highest BCUT2D eigenvalue weighted by atomic mass is 35.5. The fraction of sp³-hybridized carbons (Fsp3) is 0.438. The second kappa shape index (κ2) is 6.75. The Morgan fingerprint density at radius 1 is 1.33 bits per heavy atom. The molecular formula is C16H19ClFNOS. The van der Waals surface area contributed by atoms with Crippen LogP contribution in [0.15, 0.2) is 24.3 Å². The molecule has 114 valence electrons. The van der Waals surface area contributed by atoms with Gasteiger partial charge in [0.15, 0.2) is 0 Å². The molecule has 0 saturated carbocycles. The molecule has 0 aliphatic carbocycles. The van der Waals surface area contributed by atoms with Gasteiger partial charge >= 0.3 is 0 Å². The summed E-state index contributed by atoms with van der Waals surface area (Å²) in [6, 6.07) is 6.36. The molecule has 0 spiro atoms. The molecule has 0 unspecified atom stereocenters. The van der Waals surface area contributed by atoms with Gasteiger partial charge in [-0.05, 0) is 36.4 Å². The number of rotatable bonds is 6. The first-order valence-electron chi connectivity index (χ1n) is 7.07. The number of alkyl halides is 1. The number of amides is 1. The first kappa shape index (κ1) is 16.2. The van der Waals surface area contributed by atoms with Gasteiger partial charge in [0.25, 0.3) is 5.91 Å². The van der Waals surface area contributed by atoms with E-state index in [-0.39, 0.29) is 17.1 Å². The summed E-state index contributed by atoms with van der Waals surface area (Å²) >= 11 is 7.35. The summed E-state index contributed by atoms with van der Waals surface area (Å²) in [5, 5.41) is 3.85. The van der Waals surface area contributed by atoms with E-state index in [1.165, 1.54) is 23.5 Å². The Labute approximate surface area is 133 Å². The van der Waals surface area contributed by atoms with Gasteiger partial charge in [0.2, 0.25) is 0 Å². The number of nitrogens with one attached hydrogen (secondary N) is 1. The maximum atomic E-state index is 13.2. The Bertz CT molecular complexity index is 628. The van der Waals surface area contributed by atoms with Gasteiger partial charge in [0.1, 0.15) is 5.82 Å². The maximum Gasteiger partial charge on any atom is 0.261 e. The van der Waals surface area contributed by atoms with E-state index in [4.69, 9.17) is 11.6 Å².